The Morgan fingerprint density at radius 3 is 2.00 bits per heavy atom. The maximum absolute atomic E-state index is 12.6. The van der Waals surface area contributed by atoms with E-state index in [-0.39, 0.29) is 23.2 Å². The first-order chi connectivity index (χ1) is 13.9. The van der Waals surface area contributed by atoms with Gasteiger partial charge in [0.05, 0.1) is 5.56 Å². The minimum Gasteiger partial charge on any atom is -0.507 e. The van der Waals surface area contributed by atoms with Crippen molar-refractivity contribution < 1.29 is 19.7 Å². The molecule has 4 bridgehead atoms. The minimum atomic E-state index is -0.388. The topological polar surface area (TPSA) is 78.8 Å². The average molecular weight is 393 g/mol. The standard InChI is InChI=1S/C24H27NO4/c1-14-6-20(26)22(21(27)7-14)18-2-4-19(5-3-18)25-23(28)29-24-11-15-8-16(12-24)10-17(9-15)13-24/h2-7,15-17,26-27H,8-13H2,1H3,(H,25,28). The molecule has 3 N–H and O–H groups in total. The molecule has 6 rings (SSSR count). The maximum atomic E-state index is 12.6. The van der Waals surface area contributed by atoms with Crippen molar-refractivity contribution in [1.82, 2.24) is 0 Å². The first kappa shape index (κ1) is 18.3. The molecule has 0 spiro atoms. The van der Waals surface area contributed by atoms with Gasteiger partial charge >= 0.3 is 6.09 Å². The van der Waals surface area contributed by atoms with E-state index in [2.05, 4.69) is 5.32 Å². The van der Waals surface area contributed by atoms with Crippen LogP contribution in [-0.2, 0) is 4.74 Å². The van der Waals surface area contributed by atoms with Gasteiger partial charge in [-0.25, -0.2) is 4.79 Å². The molecule has 0 aliphatic heterocycles. The summed E-state index contributed by atoms with van der Waals surface area (Å²) in [6.45, 7) is 1.81. The Hall–Kier alpha value is -2.69. The van der Waals surface area contributed by atoms with Crippen molar-refractivity contribution >= 4 is 11.8 Å². The predicted octanol–water partition coefficient (Wildman–Crippen LogP) is 5.59. The van der Waals surface area contributed by atoms with Crippen molar-refractivity contribution in [3.63, 3.8) is 0 Å². The van der Waals surface area contributed by atoms with Crippen molar-refractivity contribution in [1.29, 1.82) is 0 Å². The van der Waals surface area contributed by atoms with Crippen LogP contribution in [0.2, 0.25) is 0 Å². The highest BCUT2D eigenvalue weighted by Gasteiger charge is 2.53. The van der Waals surface area contributed by atoms with E-state index in [1.54, 1.807) is 36.4 Å². The number of rotatable bonds is 3. The Morgan fingerprint density at radius 2 is 1.48 bits per heavy atom. The van der Waals surface area contributed by atoms with E-state index in [0.29, 0.717) is 16.8 Å². The third-order valence-electron chi connectivity index (χ3n) is 6.95. The number of aromatic hydroxyl groups is 2. The average Bonchev–Trinajstić information content (AvgIpc) is 2.60. The number of benzene rings is 2. The van der Waals surface area contributed by atoms with Gasteiger partial charge in [0.25, 0.3) is 0 Å². The van der Waals surface area contributed by atoms with Gasteiger partial charge in [-0.3, -0.25) is 5.32 Å². The van der Waals surface area contributed by atoms with Crippen LogP contribution in [-0.4, -0.2) is 21.9 Å². The quantitative estimate of drug-likeness (QED) is 0.635. The number of phenolic OH excluding ortho intramolecular Hbond substituents is 2. The van der Waals surface area contributed by atoms with Crippen molar-refractivity contribution in [2.75, 3.05) is 5.32 Å². The summed E-state index contributed by atoms with van der Waals surface area (Å²) in [5, 5.41) is 23.2. The second-order valence-corrected chi connectivity index (χ2v) is 9.37. The number of carbonyl (C=O) groups excluding carboxylic acids is 1. The molecule has 0 aromatic heterocycles. The van der Waals surface area contributed by atoms with Crippen molar-refractivity contribution in [2.45, 2.75) is 51.0 Å². The van der Waals surface area contributed by atoms with Gasteiger partial charge in [0.1, 0.15) is 17.1 Å². The molecule has 0 radical (unpaired) electrons. The molecule has 0 saturated heterocycles. The predicted molar refractivity (Wildman–Crippen MR) is 111 cm³/mol. The Balaban J connectivity index is 1.28. The summed E-state index contributed by atoms with van der Waals surface area (Å²) >= 11 is 0. The Labute approximate surface area is 170 Å². The monoisotopic (exact) mass is 393 g/mol. The highest BCUT2D eigenvalue weighted by Crippen LogP contribution is 2.57. The summed E-state index contributed by atoms with van der Waals surface area (Å²) in [5.41, 5.74) is 2.22. The Bertz CT molecular complexity index is 892. The molecule has 2 aromatic rings. The summed E-state index contributed by atoms with van der Waals surface area (Å²) in [7, 11) is 0. The molecule has 152 valence electrons. The van der Waals surface area contributed by atoms with Crippen LogP contribution in [0.15, 0.2) is 36.4 Å². The molecule has 0 atom stereocenters. The molecule has 4 aliphatic rings. The van der Waals surface area contributed by atoms with Gasteiger partial charge in [-0.15, -0.1) is 0 Å². The zero-order valence-electron chi connectivity index (χ0n) is 16.6. The molecule has 0 unspecified atom stereocenters. The number of aryl methyl sites for hydroxylation is 1. The van der Waals surface area contributed by atoms with Crippen LogP contribution in [0.1, 0.15) is 44.1 Å². The molecular weight excluding hydrogens is 366 g/mol. The van der Waals surface area contributed by atoms with Crippen LogP contribution in [0.25, 0.3) is 11.1 Å². The minimum absolute atomic E-state index is 0.0319. The van der Waals surface area contributed by atoms with Crippen LogP contribution in [0.3, 0.4) is 0 Å². The van der Waals surface area contributed by atoms with Crippen molar-refractivity contribution in [3.05, 3.63) is 42.0 Å². The van der Waals surface area contributed by atoms with Gasteiger partial charge in [-0.2, -0.15) is 0 Å². The summed E-state index contributed by atoms with van der Waals surface area (Å²) in [4.78, 5) is 12.6. The van der Waals surface area contributed by atoms with E-state index in [1.807, 2.05) is 6.92 Å². The number of phenols is 2. The number of hydrogen-bond donors (Lipinski definition) is 3. The van der Waals surface area contributed by atoms with Crippen molar-refractivity contribution in [3.8, 4) is 22.6 Å². The summed E-state index contributed by atoms with van der Waals surface area (Å²) in [6, 6.07) is 10.3. The third kappa shape index (κ3) is 3.43. The van der Waals surface area contributed by atoms with Crippen LogP contribution in [0.5, 0.6) is 11.5 Å². The molecule has 2 aromatic carbocycles. The fourth-order valence-corrected chi connectivity index (χ4v) is 6.26. The molecule has 29 heavy (non-hydrogen) atoms. The van der Waals surface area contributed by atoms with E-state index < -0.39 is 0 Å². The molecule has 5 heteroatoms. The lowest BCUT2D eigenvalue weighted by molar-refractivity contribution is -0.124. The normalized spacial score (nSPS) is 29.6. The molecule has 5 nitrogen and oxygen atoms in total. The van der Waals surface area contributed by atoms with Crippen LogP contribution >= 0.6 is 0 Å². The zero-order valence-corrected chi connectivity index (χ0v) is 16.6. The zero-order chi connectivity index (χ0) is 20.2. The van der Waals surface area contributed by atoms with Gasteiger partial charge in [-0.1, -0.05) is 12.1 Å². The second kappa shape index (κ2) is 6.68. The van der Waals surface area contributed by atoms with E-state index in [4.69, 9.17) is 4.74 Å². The largest absolute Gasteiger partial charge is 0.507 e. The molecule has 4 aliphatic carbocycles. The number of hydrogen-bond acceptors (Lipinski definition) is 4. The van der Waals surface area contributed by atoms with Gasteiger partial charge in [0, 0.05) is 5.69 Å². The molecule has 4 fully saturated rings. The highest BCUT2D eigenvalue weighted by molar-refractivity contribution is 5.86. The number of anilines is 1. The lowest BCUT2D eigenvalue weighted by atomic mass is 9.54. The highest BCUT2D eigenvalue weighted by atomic mass is 16.6. The summed E-state index contributed by atoms with van der Waals surface area (Å²) < 4.78 is 5.99. The molecule has 4 saturated carbocycles. The molecular formula is C24H27NO4. The van der Waals surface area contributed by atoms with E-state index in [0.717, 1.165) is 42.6 Å². The van der Waals surface area contributed by atoms with Gasteiger partial charge < -0.3 is 14.9 Å². The van der Waals surface area contributed by atoms with Gasteiger partial charge in [0.15, 0.2) is 0 Å². The summed E-state index contributed by atoms with van der Waals surface area (Å²) in [6.07, 6.45) is 6.58. The Morgan fingerprint density at radius 1 is 0.966 bits per heavy atom. The van der Waals surface area contributed by atoms with Gasteiger partial charge in [-0.05, 0) is 98.6 Å². The Kier molecular flexibility index (Phi) is 4.23. The summed E-state index contributed by atoms with van der Waals surface area (Å²) in [5.74, 6) is 2.24. The maximum Gasteiger partial charge on any atom is 0.412 e. The smallest absolute Gasteiger partial charge is 0.412 e. The lowest BCUT2D eigenvalue weighted by Crippen LogP contribution is -2.53. The van der Waals surface area contributed by atoms with Crippen molar-refractivity contribution in [2.24, 2.45) is 17.8 Å². The first-order valence-electron chi connectivity index (χ1n) is 10.5. The fraction of sp³-hybridized carbons (Fsp3) is 0.458. The number of ether oxygens (including phenoxy) is 1. The lowest BCUT2D eigenvalue weighted by Gasteiger charge is -2.55. The molecule has 0 heterocycles. The fourth-order valence-electron chi connectivity index (χ4n) is 6.26. The second-order valence-electron chi connectivity index (χ2n) is 9.37. The van der Waals surface area contributed by atoms with Crippen LogP contribution in [0, 0.1) is 24.7 Å². The van der Waals surface area contributed by atoms with E-state index >= 15 is 0 Å². The first-order valence-corrected chi connectivity index (χ1v) is 10.5. The van der Waals surface area contributed by atoms with E-state index in [9.17, 15) is 15.0 Å². The van der Waals surface area contributed by atoms with E-state index in [1.165, 1.54) is 19.3 Å². The third-order valence-corrected chi connectivity index (χ3v) is 6.95. The van der Waals surface area contributed by atoms with Crippen LogP contribution in [0.4, 0.5) is 10.5 Å². The number of amides is 1. The molecule has 1 amide bonds. The van der Waals surface area contributed by atoms with Crippen LogP contribution < -0.4 is 5.32 Å². The SMILES string of the molecule is Cc1cc(O)c(-c2ccc(NC(=O)OC34CC5CC(CC(C5)C3)C4)cc2)c(O)c1. The number of carbonyl (C=O) groups is 1. The number of nitrogens with one attached hydrogen (secondary N) is 1. The van der Waals surface area contributed by atoms with Gasteiger partial charge in [0.2, 0.25) is 0 Å².